The Morgan fingerprint density at radius 3 is 2.79 bits per heavy atom. The van der Waals surface area contributed by atoms with Gasteiger partial charge in [-0.15, -0.1) is 0 Å². The number of H-pyrrole nitrogens is 1. The maximum Gasteiger partial charge on any atom is 0.416 e. The second-order valence-corrected chi connectivity index (χ2v) is 8.28. The van der Waals surface area contributed by atoms with Crippen LogP contribution in [0.3, 0.4) is 0 Å². The van der Waals surface area contributed by atoms with Crippen LogP contribution in [0.4, 0.5) is 30.6 Å². The van der Waals surface area contributed by atoms with Gasteiger partial charge in [-0.3, -0.25) is 19.4 Å². The van der Waals surface area contributed by atoms with Gasteiger partial charge >= 0.3 is 6.18 Å². The summed E-state index contributed by atoms with van der Waals surface area (Å²) in [5, 5.41) is 4.96. The number of carbonyl (C=O) groups excluding carboxylic acids is 2. The summed E-state index contributed by atoms with van der Waals surface area (Å²) in [6.45, 7) is 2.77. The Balaban J connectivity index is 1.64. The molecule has 8 nitrogen and oxygen atoms in total. The lowest BCUT2D eigenvalue weighted by atomic mass is 9.92. The summed E-state index contributed by atoms with van der Waals surface area (Å²) in [5.74, 6) is -2.09. The molecule has 3 N–H and O–H groups in total. The summed E-state index contributed by atoms with van der Waals surface area (Å²) in [6, 6.07) is 4.38. The van der Waals surface area contributed by atoms with E-state index < -0.39 is 35.0 Å². The summed E-state index contributed by atoms with van der Waals surface area (Å²) in [5.41, 5.74) is -1.56. The first-order valence-electron chi connectivity index (χ1n) is 10.9. The van der Waals surface area contributed by atoms with Crippen LogP contribution in [0.15, 0.2) is 29.1 Å². The number of amides is 2. The molecule has 1 saturated heterocycles. The Morgan fingerprint density at radius 1 is 1.27 bits per heavy atom. The number of halogens is 3. The smallest absolute Gasteiger partial charge is 0.339 e. The lowest BCUT2D eigenvalue weighted by Gasteiger charge is -2.36. The van der Waals surface area contributed by atoms with Crippen molar-refractivity contribution in [3.63, 3.8) is 0 Å². The second-order valence-electron chi connectivity index (χ2n) is 8.28. The minimum Gasteiger partial charge on any atom is -0.339 e. The molecule has 176 valence electrons. The fraction of sp³-hybridized carbons (Fsp3) is 0.455. The van der Waals surface area contributed by atoms with Crippen LogP contribution in [0.25, 0.3) is 0 Å². The van der Waals surface area contributed by atoms with Crippen molar-refractivity contribution in [2.75, 3.05) is 22.1 Å². The van der Waals surface area contributed by atoms with Gasteiger partial charge in [0, 0.05) is 24.7 Å². The molecule has 1 aromatic heterocycles. The normalized spacial score (nSPS) is 20.7. The van der Waals surface area contributed by atoms with E-state index in [1.165, 1.54) is 12.1 Å². The average molecular weight is 463 g/mol. The van der Waals surface area contributed by atoms with Crippen LogP contribution in [0.5, 0.6) is 0 Å². The quantitative estimate of drug-likeness (QED) is 0.642. The zero-order valence-electron chi connectivity index (χ0n) is 18.0. The number of hydrogen-bond donors (Lipinski definition) is 3. The molecule has 2 aromatic rings. The highest BCUT2D eigenvalue weighted by molar-refractivity contribution is 6.04. The molecule has 3 heterocycles. The van der Waals surface area contributed by atoms with Gasteiger partial charge < -0.3 is 15.5 Å². The number of alkyl halides is 3. The number of fused-ring (bicyclic) bond motifs is 1. The molecule has 0 bridgehead atoms. The largest absolute Gasteiger partial charge is 0.416 e. The van der Waals surface area contributed by atoms with Gasteiger partial charge in [-0.1, -0.05) is 13.0 Å². The van der Waals surface area contributed by atoms with Crippen LogP contribution in [-0.4, -0.2) is 34.4 Å². The fourth-order valence-corrected chi connectivity index (χ4v) is 4.43. The molecule has 1 fully saturated rings. The van der Waals surface area contributed by atoms with Crippen molar-refractivity contribution in [2.45, 2.75) is 57.2 Å². The second kappa shape index (κ2) is 8.87. The van der Waals surface area contributed by atoms with Crippen molar-refractivity contribution in [3.05, 3.63) is 45.7 Å². The molecule has 0 radical (unpaired) electrons. The molecular formula is C22H24F3N5O3. The molecule has 2 amide bonds. The first-order valence-corrected chi connectivity index (χ1v) is 10.9. The van der Waals surface area contributed by atoms with Crippen molar-refractivity contribution < 1.29 is 22.8 Å². The summed E-state index contributed by atoms with van der Waals surface area (Å²) in [7, 11) is 0. The third-order valence-corrected chi connectivity index (χ3v) is 6.08. The molecule has 1 aromatic carbocycles. The van der Waals surface area contributed by atoms with Crippen LogP contribution < -0.4 is 21.1 Å². The molecule has 2 unspecified atom stereocenters. The van der Waals surface area contributed by atoms with Gasteiger partial charge in [-0.2, -0.15) is 18.2 Å². The zero-order valence-corrected chi connectivity index (χ0v) is 18.0. The Labute approximate surface area is 187 Å². The van der Waals surface area contributed by atoms with Gasteiger partial charge in [0.05, 0.1) is 17.0 Å². The Hall–Kier alpha value is -3.37. The monoisotopic (exact) mass is 463 g/mol. The van der Waals surface area contributed by atoms with Gasteiger partial charge in [-0.05, 0) is 43.9 Å². The van der Waals surface area contributed by atoms with Crippen LogP contribution in [0, 0.1) is 0 Å². The number of benzene rings is 1. The maximum absolute atomic E-state index is 13.0. The van der Waals surface area contributed by atoms with Crippen LogP contribution in [-0.2, 0) is 15.8 Å². The molecule has 0 spiro atoms. The molecular weight excluding hydrogens is 439 g/mol. The maximum atomic E-state index is 13.0. The summed E-state index contributed by atoms with van der Waals surface area (Å²) in [6.07, 6.45) is -1.02. The Morgan fingerprint density at radius 2 is 2.06 bits per heavy atom. The number of hydrogen-bond acceptors (Lipinski definition) is 5. The van der Waals surface area contributed by atoms with E-state index >= 15 is 0 Å². The molecule has 2 aliphatic rings. The van der Waals surface area contributed by atoms with E-state index in [9.17, 15) is 27.6 Å². The van der Waals surface area contributed by atoms with Crippen molar-refractivity contribution in [1.29, 1.82) is 0 Å². The van der Waals surface area contributed by atoms with E-state index in [2.05, 4.69) is 27.5 Å². The summed E-state index contributed by atoms with van der Waals surface area (Å²) in [4.78, 5) is 47.4. The van der Waals surface area contributed by atoms with Crippen molar-refractivity contribution in [3.8, 4) is 0 Å². The summed E-state index contributed by atoms with van der Waals surface area (Å²) < 4.78 is 38.9. The molecule has 0 aliphatic carbocycles. The van der Waals surface area contributed by atoms with Crippen LogP contribution in [0.1, 0.15) is 56.1 Å². The molecule has 0 saturated carbocycles. The molecule has 2 atom stereocenters. The first kappa shape index (κ1) is 22.8. The lowest BCUT2D eigenvalue weighted by molar-refractivity contribution is -0.137. The average Bonchev–Trinajstić information content (AvgIpc) is 2.77. The van der Waals surface area contributed by atoms with E-state index in [4.69, 9.17) is 0 Å². The molecule has 4 rings (SSSR count). The Kier molecular flexibility index (Phi) is 6.13. The third kappa shape index (κ3) is 4.71. The lowest BCUT2D eigenvalue weighted by Crippen LogP contribution is -2.43. The first-order chi connectivity index (χ1) is 15.7. The molecule has 2 aliphatic heterocycles. The van der Waals surface area contributed by atoms with Gasteiger partial charge in [0.1, 0.15) is 5.82 Å². The van der Waals surface area contributed by atoms with Gasteiger partial charge in [0.2, 0.25) is 17.8 Å². The van der Waals surface area contributed by atoms with Gasteiger partial charge in [0.25, 0.3) is 5.56 Å². The molecule has 11 heteroatoms. The predicted molar refractivity (Wildman–Crippen MR) is 116 cm³/mol. The van der Waals surface area contributed by atoms with Crippen molar-refractivity contribution in [2.24, 2.45) is 0 Å². The van der Waals surface area contributed by atoms with E-state index in [1.807, 2.05) is 4.90 Å². The zero-order chi connectivity index (χ0) is 23.8. The summed E-state index contributed by atoms with van der Waals surface area (Å²) >= 11 is 0. The van der Waals surface area contributed by atoms with Crippen molar-refractivity contribution >= 4 is 29.3 Å². The van der Waals surface area contributed by atoms with E-state index in [1.54, 1.807) is 0 Å². The standard InChI is InChI=1S/C22H24F3N5O3/c1-2-14-8-3-4-9-30(14)21-28-18-17(20(33)29-21)15(11-16(31)27-18)19(32)26-13-7-5-6-12(10-13)22(23,24)25/h5-7,10,14-15H,2-4,8-9,11H2,1H3,(H,26,32)(H2,27,28,29,31,33). The number of aromatic nitrogens is 2. The number of carbonyl (C=O) groups is 2. The van der Waals surface area contributed by atoms with E-state index in [0.29, 0.717) is 12.5 Å². The minimum atomic E-state index is -4.57. The number of nitrogens with one attached hydrogen (secondary N) is 3. The topological polar surface area (TPSA) is 107 Å². The SMILES string of the molecule is CCC1CCCCN1c1nc2c(c(=O)[nH]1)C(C(=O)Nc1cccc(C(F)(F)F)c1)CC(=O)N2. The van der Waals surface area contributed by atoms with Gasteiger partial charge in [0.15, 0.2) is 0 Å². The van der Waals surface area contributed by atoms with E-state index in [0.717, 1.165) is 37.8 Å². The number of aromatic amines is 1. The Bertz CT molecular complexity index is 1130. The number of piperidine rings is 1. The van der Waals surface area contributed by atoms with Crippen molar-refractivity contribution in [1.82, 2.24) is 9.97 Å². The van der Waals surface area contributed by atoms with Crippen LogP contribution in [0.2, 0.25) is 0 Å². The van der Waals surface area contributed by atoms with E-state index in [-0.39, 0.29) is 29.5 Å². The predicted octanol–water partition coefficient (Wildman–Crippen LogP) is 3.62. The number of rotatable bonds is 4. The minimum absolute atomic E-state index is 0.00659. The highest BCUT2D eigenvalue weighted by Gasteiger charge is 2.36. The number of anilines is 3. The van der Waals surface area contributed by atoms with Gasteiger partial charge in [-0.25, -0.2) is 0 Å². The highest BCUT2D eigenvalue weighted by atomic mass is 19.4. The number of nitrogens with zero attached hydrogens (tertiary/aromatic N) is 2. The fourth-order valence-electron chi connectivity index (χ4n) is 4.43. The van der Waals surface area contributed by atoms with Crippen LogP contribution >= 0.6 is 0 Å². The molecule has 33 heavy (non-hydrogen) atoms. The third-order valence-electron chi connectivity index (χ3n) is 6.08. The highest BCUT2D eigenvalue weighted by Crippen LogP contribution is 2.33.